The highest BCUT2D eigenvalue weighted by atomic mass is 16.6. The summed E-state index contributed by atoms with van der Waals surface area (Å²) in [5.41, 5.74) is -1.48. The molecule has 3 aromatic rings. The number of carboxylic acids is 1. The summed E-state index contributed by atoms with van der Waals surface area (Å²) in [4.78, 5) is 36.8. The smallest absolute Gasteiger partial charge is 0.340 e. The zero-order valence-corrected chi connectivity index (χ0v) is 17.1. The predicted molar refractivity (Wildman–Crippen MR) is 110 cm³/mol. The standard InChI is InChI=1S/C24H16O9/c1-11(25)31-10-14-17(27)9-19-21(20(14)22(28)29)24(16-7-6-12(26)8-18(16)32-19)15-5-3-2-4-13(15)23(30)33-24/h2-9,26-27H,10H2,1H3,(H,28,29). The number of aromatic carboxylic acids is 1. The zero-order chi connectivity index (χ0) is 23.5. The molecule has 1 spiro atoms. The molecular weight excluding hydrogens is 432 g/mol. The Morgan fingerprint density at radius 3 is 2.52 bits per heavy atom. The first-order valence-corrected chi connectivity index (χ1v) is 9.84. The number of ether oxygens (including phenoxy) is 3. The fraction of sp³-hybridized carbons (Fsp3) is 0.125. The minimum Gasteiger partial charge on any atom is -0.508 e. The molecule has 0 radical (unpaired) electrons. The normalized spacial score (nSPS) is 17.4. The lowest BCUT2D eigenvalue weighted by Crippen LogP contribution is -2.35. The largest absolute Gasteiger partial charge is 0.508 e. The molecule has 166 valence electrons. The highest BCUT2D eigenvalue weighted by Crippen LogP contribution is 2.58. The zero-order valence-electron chi connectivity index (χ0n) is 17.1. The molecule has 0 amide bonds. The summed E-state index contributed by atoms with van der Waals surface area (Å²) in [5.74, 6) is -3.37. The van der Waals surface area contributed by atoms with Crippen LogP contribution < -0.4 is 4.74 Å². The van der Waals surface area contributed by atoms with Gasteiger partial charge in [0.1, 0.15) is 29.6 Å². The fourth-order valence-electron chi connectivity index (χ4n) is 4.41. The van der Waals surface area contributed by atoms with Gasteiger partial charge >= 0.3 is 17.9 Å². The predicted octanol–water partition coefficient (Wildman–Crippen LogP) is 3.43. The molecule has 2 heterocycles. The van der Waals surface area contributed by atoms with E-state index in [2.05, 4.69) is 0 Å². The molecule has 0 aromatic heterocycles. The lowest BCUT2D eigenvalue weighted by atomic mass is 9.75. The number of phenolic OH excluding ortho intramolecular Hbond substituents is 2. The van der Waals surface area contributed by atoms with Crippen LogP contribution in [0.25, 0.3) is 0 Å². The van der Waals surface area contributed by atoms with Gasteiger partial charge in [-0.05, 0) is 18.2 Å². The molecule has 5 rings (SSSR count). The number of carboxylic acid groups (broad SMARTS) is 1. The Hall–Kier alpha value is -4.53. The number of rotatable bonds is 3. The van der Waals surface area contributed by atoms with Crippen molar-refractivity contribution >= 4 is 17.9 Å². The van der Waals surface area contributed by atoms with Gasteiger partial charge in [0, 0.05) is 35.7 Å². The van der Waals surface area contributed by atoms with Crippen molar-refractivity contribution in [3.8, 4) is 23.0 Å². The number of benzene rings is 3. The van der Waals surface area contributed by atoms with Crippen LogP contribution in [0.2, 0.25) is 0 Å². The highest BCUT2D eigenvalue weighted by molar-refractivity contribution is 6.00. The van der Waals surface area contributed by atoms with Crippen LogP contribution in [0.1, 0.15) is 49.9 Å². The molecule has 0 saturated heterocycles. The molecular formula is C24H16O9. The van der Waals surface area contributed by atoms with E-state index in [0.29, 0.717) is 5.56 Å². The van der Waals surface area contributed by atoms with Gasteiger partial charge in [0.25, 0.3) is 0 Å². The van der Waals surface area contributed by atoms with Gasteiger partial charge in [0.2, 0.25) is 0 Å². The minimum absolute atomic E-state index is 0.0357. The van der Waals surface area contributed by atoms with Crippen LogP contribution in [0.4, 0.5) is 0 Å². The van der Waals surface area contributed by atoms with Gasteiger partial charge < -0.3 is 29.5 Å². The van der Waals surface area contributed by atoms with E-state index in [1.807, 2.05) is 0 Å². The third-order valence-electron chi connectivity index (χ3n) is 5.70. The molecule has 1 atom stereocenters. The number of fused-ring (bicyclic) bond motifs is 6. The van der Waals surface area contributed by atoms with Crippen LogP contribution in [0.15, 0.2) is 48.5 Å². The van der Waals surface area contributed by atoms with Crippen molar-refractivity contribution in [2.75, 3.05) is 0 Å². The molecule has 2 aliphatic heterocycles. The fourth-order valence-corrected chi connectivity index (χ4v) is 4.41. The summed E-state index contributed by atoms with van der Waals surface area (Å²) in [6, 6.07) is 11.8. The van der Waals surface area contributed by atoms with Crippen molar-refractivity contribution < 1.29 is 43.9 Å². The summed E-state index contributed by atoms with van der Waals surface area (Å²) in [6.45, 7) is 0.627. The summed E-state index contributed by atoms with van der Waals surface area (Å²) >= 11 is 0. The van der Waals surface area contributed by atoms with Crippen LogP contribution >= 0.6 is 0 Å². The SMILES string of the molecule is CC(=O)OCc1c(O)cc2c(c1C(=O)O)C1(OC(=O)c3ccccc31)c1ccc(O)cc1O2. The van der Waals surface area contributed by atoms with Crippen molar-refractivity contribution in [2.45, 2.75) is 19.1 Å². The quantitative estimate of drug-likeness (QED) is 0.514. The Balaban J connectivity index is 1.91. The second-order valence-electron chi connectivity index (χ2n) is 7.61. The van der Waals surface area contributed by atoms with E-state index in [9.17, 15) is 29.7 Å². The van der Waals surface area contributed by atoms with Gasteiger partial charge in [-0.1, -0.05) is 18.2 Å². The number of carbonyl (C=O) groups excluding carboxylic acids is 2. The Morgan fingerprint density at radius 2 is 1.79 bits per heavy atom. The molecule has 3 N–H and O–H groups in total. The number of esters is 2. The minimum atomic E-state index is -1.74. The van der Waals surface area contributed by atoms with Gasteiger partial charge in [-0.3, -0.25) is 4.79 Å². The molecule has 2 aliphatic rings. The molecule has 0 bridgehead atoms. The van der Waals surface area contributed by atoms with Gasteiger partial charge in [-0.2, -0.15) is 0 Å². The molecule has 0 fully saturated rings. The Morgan fingerprint density at radius 1 is 1.03 bits per heavy atom. The first kappa shape index (κ1) is 20.4. The van der Waals surface area contributed by atoms with Crippen LogP contribution in [0.5, 0.6) is 23.0 Å². The van der Waals surface area contributed by atoms with E-state index in [1.165, 1.54) is 24.3 Å². The number of phenols is 2. The Labute approximate surface area is 186 Å². The van der Waals surface area contributed by atoms with Gasteiger partial charge in [0.15, 0.2) is 5.60 Å². The molecule has 0 saturated carbocycles. The third kappa shape index (κ3) is 2.82. The van der Waals surface area contributed by atoms with Gasteiger partial charge in [-0.25, -0.2) is 9.59 Å². The van der Waals surface area contributed by atoms with E-state index >= 15 is 0 Å². The number of hydrogen-bond donors (Lipinski definition) is 3. The van der Waals surface area contributed by atoms with Crippen LogP contribution in [0, 0.1) is 0 Å². The lowest BCUT2D eigenvalue weighted by molar-refractivity contribution is -0.142. The second kappa shape index (κ2) is 6.99. The average molecular weight is 448 g/mol. The van der Waals surface area contributed by atoms with Crippen molar-refractivity contribution in [2.24, 2.45) is 0 Å². The maximum atomic E-state index is 12.9. The molecule has 9 heteroatoms. The van der Waals surface area contributed by atoms with Crippen molar-refractivity contribution in [1.29, 1.82) is 0 Å². The third-order valence-corrected chi connectivity index (χ3v) is 5.70. The highest BCUT2D eigenvalue weighted by Gasteiger charge is 2.56. The summed E-state index contributed by atoms with van der Waals surface area (Å²) in [6.07, 6.45) is 0. The summed E-state index contributed by atoms with van der Waals surface area (Å²) in [5, 5.41) is 30.8. The summed E-state index contributed by atoms with van der Waals surface area (Å²) < 4.78 is 16.7. The monoisotopic (exact) mass is 448 g/mol. The molecule has 3 aromatic carbocycles. The van der Waals surface area contributed by atoms with E-state index in [1.54, 1.807) is 24.3 Å². The van der Waals surface area contributed by atoms with E-state index in [4.69, 9.17) is 14.2 Å². The average Bonchev–Trinajstić information content (AvgIpc) is 3.05. The first-order valence-electron chi connectivity index (χ1n) is 9.84. The van der Waals surface area contributed by atoms with Crippen LogP contribution in [0.3, 0.4) is 0 Å². The van der Waals surface area contributed by atoms with Gasteiger partial charge in [0.05, 0.1) is 16.7 Å². The van der Waals surface area contributed by atoms with Crippen molar-refractivity contribution in [1.82, 2.24) is 0 Å². The number of hydrogen-bond acceptors (Lipinski definition) is 8. The van der Waals surface area contributed by atoms with Crippen molar-refractivity contribution in [3.05, 3.63) is 81.9 Å². The Kier molecular flexibility index (Phi) is 4.32. The first-order chi connectivity index (χ1) is 15.7. The van der Waals surface area contributed by atoms with Crippen molar-refractivity contribution in [3.63, 3.8) is 0 Å². The van der Waals surface area contributed by atoms with Gasteiger partial charge in [-0.15, -0.1) is 0 Å². The van der Waals surface area contributed by atoms with Crippen LogP contribution in [-0.2, 0) is 26.5 Å². The lowest BCUT2D eigenvalue weighted by Gasteiger charge is -2.38. The molecule has 33 heavy (non-hydrogen) atoms. The van der Waals surface area contributed by atoms with E-state index in [0.717, 1.165) is 6.92 Å². The molecule has 9 nitrogen and oxygen atoms in total. The second-order valence-corrected chi connectivity index (χ2v) is 7.61. The van der Waals surface area contributed by atoms with Crippen LogP contribution in [-0.4, -0.2) is 33.2 Å². The molecule has 1 unspecified atom stereocenters. The molecule has 0 aliphatic carbocycles. The maximum Gasteiger partial charge on any atom is 0.340 e. The summed E-state index contributed by atoms with van der Waals surface area (Å²) in [7, 11) is 0. The Bertz CT molecular complexity index is 1370. The topological polar surface area (TPSA) is 140 Å². The maximum absolute atomic E-state index is 12.9. The van der Waals surface area contributed by atoms with E-state index in [-0.39, 0.29) is 39.5 Å². The number of aromatic hydroxyl groups is 2. The number of carbonyl (C=O) groups is 3. The van der Waals surface area contributed by atoms with E-state index < -0.39 is 41.4 Å².